The summed E-state index contributed by atoms with van der Waals surface area (Å²) in [5.74, 6) is 2.67. The third-order valence-electron chi connectivity index (χ3n) is 5.24. The van der Waals surface area contributed by atoms with Gasteiger partial charge in [-0.1, -0.05) is 18.9 Å². The van der Waals surface area contributed by atoms with Crippen LogP contribution in [0.25, 0.3) is 0 Å². The molecule has 24 heavy (non-hydrogen) atoms. The Morgan fingerprint density at radius 2 is 1.96 bits per heavy atom. The zero-order chi connectivity index (χ0) is 16.9. The number of allylic oxidation sites excluding steroid dienone is 1. The van der Waals surface area contributed by atoms with E-state index in [0.717, 1.165) is 18.0 Å². The summed E-state index contributed by atoms with van der Waals surface area (Å²) in [5.41, 5.74) is 5.88. The summed E-state index contributed by atoms with van der Waals surface area (Å²) in [6.07, 6.45) is 11.1. The van der Waals surface area contributed by atoms with Crippen LogP contribution in [-0.4, -0.2) is 16.6 Å². The molecule has 2 atom stereocenters. The van der Waals surface area contributed by atoms with E-state index in [1.54, 1.807) is 6.07 Å². The van der Waals surface area contributed by atoms with Crippen molar-refractivity contribution in [2.24, 2.45) is 17.6 Å². The fraction of sp³-hybridized carbons (Fsp3) is 0.579. The molecule has 5 heteroatoms. The number of pyridine rings is 1. The predicted octanol–water partition coefficient (Wildman–Crippen LogP) is 3.79. The van der Waals surface area contributed by atoms with E-state index in [4.69, 9.17) is 5.73 Å². The zero-order valence-electron chi connectivity index (χ0n) is 14.0. The minimum atomic E-state index is -0.657. The summed E-state index contributed by atoms with van der Waals surface area (Å²) in [6.45, 7) is 0. The van der Waals surface area contributed by atoms with Crippen LogP contribution in [-0.2, 0) is 0 Å². The highest BCUT2D eigenvalue weighted by molar-refractivity contribution is 8.02. The average molecular weight is 346 g/mol. The number of aromatic amines is 1. The fourth-order valence-corrected chi connectivity index (χ4v) is 4.55. The van der Waals surface area contributed by atoms with Crippen LogP contribution in [0.2, 0.25) is 0 Å². The Morgan fingerprint density at radius 1 is 1.17 bits per heavy atom. The molecule has 0 bridgehead atoms. The van der Waals surface area contributed by atoms with Crippen molar-refractivity contribution in [2.75, 3.05) is 5.75 Å². The van der Waals surface area contributed by atoms with Crippen LogP contribution in [0.15, 0.2) is 28.4 Å². The molecular formula is C19H26N2O2S. The van der Waals surface area contributed by atoms with Gasteiger partial charge in [0.2, 0.25) is 0 Å². The Labute approximate surface area is 147 Å². The van der Waals surface area contributed by atoms with Crippen LogP contribution >= 0.6 is 11.8 Å². The second-order valence-corrected chi connectivity index (χ2v) is 7.96. The molecule has 2 aliphatic carbocycles. The van der Waals surface area contributed by atoms with Crippen LogP contribution < -0.4 is 11.3 Å². The van der Waals surface area contributed by atoms with Crippen molar-refractivity contribution < 1.29 is 4.79 Å². The highest BCUT2D eigenvalue weighted by Gasteiger charge is 2.38. The smallest absolute Gasteiger partial charge is 0.260 e. The number of aromatic nitrogens is 1. The van der Waals surface area contributed by atoms with E-state index in [-0.39, 0.29) is 11.1 Å². The van der Waals surface area contributed by atoms with Gasteiger partial charge >= 0.3 is 0 Å². The van der Waals surface area contributed by atoms with E-state index in [2.05, 4.69) is 16.5 Å². The van der Waals surface area contributed by atoms with Crippen LogP contribution in [0.4, 0.5) is 0 Å². The molecule has 2 unspecified atom stereocenters. The molecule has 0 aromatic carbocycles. The molecule has 0 spiro atoms. The largest absolute Gasteiger partial charge is 0.365 e. The number of carbonyl (C=O) groups is 1. The molecule has 3 N–H and O–H groups in total. The molecule has 1 amide bonds. The normalized spacial score (nSPS) is 25.8. The molecular weight excluding hydrogens is 320 g/mol. The van der Waals surface area contributed by atoms with Gasteiger partial charge in [-0.05, 0) is 61.5 Å². The van der Waals surface area contributed by atoms with Crippen molar-refractivity contribution in [1.29, 1.82) is 0 Å². The van der Waals surface area contributed by atoms with Crippen LogP contribution in [0.5, 0.6) is 0 Å². The van der Waals surface area contributed by atoms with Crippen LogP contribution in [0, 0.1) is 11.8 Å². The number of H-pyrrole nitrogens is 1. The van der Waals surface area contributed by atoms with E-state index in [0.29, 0.717) is 11.8 Å². The first-order valence-corrected chi connectivity index (χ1v) is 10.0. The zero-order valence-corrected chi connectivity index (χ0v) is 14.8. The lowest BCUT2D eigenvalue weighted by Gasteiger charge is -2.31. The minimum absolute atomic E-state index is 0.0579. The maximum atomic E-state index is 11.9. The van der Waals surface area contributed by atoms with Crippen LogP contribution in [0.1, 0.15) is 66.9 Å². The summed E-state index contributed by atoms with van der Waals surface area (Å²) in [5, 5.41) is 2.15. The summed E-state index contributed by atoms with van der Waals surface area (Å²) < 4.78 is 0. The molecule has 0 saturated heterocycles. The van der Waals surface area contributed by atoms with Gasteiger partial charge in [0.15, 0.2) is 0 Å². The Bertz CT molecular complexity index is 658. The van der Waals surface area contributed by atoms with Crippen molar-refractivity contribution in [3.63, 3.8) is 0 Å². The number of amides is 1. The van der Waals surface area contributed by atoms with Crippen molar-refractivity contribution in [1.82, 2.24) is 4.98 Å². The highest BCUT2D eigenvalue weighted by atomic mass is 32.2. The van der Waals surface area contributed by atoms with Gasteiger partial charge in [-0.2, -0.15) is 0 Å². The van der Waals surface area contributed by atoms with Gasteiger partial charge in [0.1, 0.15) is 5.56 Å². The van der Waals surface area contributed by atoms with E-state index in [1.165, 1.54) is 44.3 Å². The van der Waals surface area contributed by atoms with E-state index in [9.17, 15) is 9.59 Å². The standard InChI is InChI=1S/C15H20N2O2.C4H6S/c16-14(18)12-7-8-13(17-15(12)19)11-4-2-1-3-10(11)9-5-6-9;1-2-4-5-3-1/h7-11H,1-6H2,(H2,16,18)(H,17,19);1,3H,2,4H2. The molecule has 2 saturated carbocycles. The van der Waals surface area contributed by atoms with Crippen molar-refractivity contribution in [2.45, 2.75) is 50.9 Å². The Balaban J connectivity index is 0.000000290. The van der Waals surface area contributed by atoms with E-state index < -0.39 is 5.91 Å². The van der Waals surface area contributed by atoms with Gasteiger partial charge in [-0.15, -0.1) is 11.8 Å². The summed E-state index contributed by atoms with van der Waals surface area (Å²) >= 11 is 1.89. The Morgan fingerprint density at radius 3 is 2.50 bits per heavy atom. The Hall–Kier alpha value is -1.49. The first kappa shape index (κ1) is 17.3. The van der Waals surface area contributed by atoms with Gasteiger partial charge in [-0.3, -0.25) is 9.59 Å². The quantitative estimate of drug-likeness (QED) is 0.874. The molecule has 1 aliphatic heterocycles. The summed E-state index contributed by atoms with van der Waals surface area (Å²) in [6, 6.07) is 3.46. The molecule has 0 radical (unpaired) electrons. The molecule has 2 heterocycles. The molecule has 3 aliphatic rings. The molecule has 4 nitrogen and oxygen atoms in total. The SMILES string of the molecule is C1=CSCC1.NC(=O)c1ccc(C2CCCCC2C2CC2)[nH]c1=O. The monoisotopic (exact) mass is 346 g/mol. The number of nitrogens with one attached hydrogen (secondary N) is 1. The van der Waals surface area contributed by atoms with Gasteiger partial charge in [-0.25, -0.2) is 0 Å². The third kappa shape index (κ3) is 4.32. The van der Waals surface area contributed by atoms with Crippen molar-refractivity contribution in [3.05, 3.63) is 45.2 Å². The summed E-state index contributed by atoms with van der Waals surface area (Å²) in [7, 11) is 0. The first-order chi connectivity index (χ1) is 11.7. The van der Waals surface area contributed by atoms with E-state index >= 15 is 0 Å². The Kier molecular flexibility index (Phi) is 5.82. The fourth-order valence-electron chi connectivity index (χ4n) is 3.87. The lowest BCUT2D eigenvalue weighted by Crippen LogP contribution is -2.27. The average Bonchev–Trinajstić information content (AvgIpc) is 3.25. The number of rotatable bonds is 3. The van der Waals surface area contributed by atoms with Crippen molar-refractivity contribution in [3.8, 4) is 0 Å². The van der Waals surface area contributed by atoms with Crippen molar-refractivity contribution >= 4 is 17.7 Å². The lowest BCUT2D eigenvalue weighted by atomic mass is 9.74. The molecule has 130 valence electrons. The van der Waals surface area contributed by atoms with Gasteiger partial charge in [0.25, 0.3) is 11.5 Å². The van der Waals surface area contributed by atoms with Crippen LogP contribution in [0.3, 0.4) is 0 Å². The molecule has 2 fully saturated rings. The van der Waals surface area contributed by atoms with Gasteiger partial charge in [0, 0.05) is 17.4 Å². The minimum Gasteiger partial charge on any atom is -0.365 e. The molecule has 1 aromatic rings. The highest BCUT2D eigenvalue weighted by Crippen LogP contribution is 2.49. The topological polar surface area (TPSA) is 76.0 Å². The lowest BCUT2D eigenvalue weighted by molar-refractivity contribution is 0.0998. The molecule has 4 rings (SSSR count). The van der Waals surface area contributed by atoms with E-state index in [1.807, 2.05) is 17.8 Å². The van der Waals surface area contributed by atoms with Gasteiger partial charge < -0.3 is 10.7 Å². The molecule has 1 aromatic heterocycles. The van der Waals surface area contributed by atoms with Gasteiger partial charge in [0.05, 0.1) is 0 Å². The summed E-state index contributed by atoms with van der Waals surface area (Å²) in [4.78, 5) is 25.8. The predicted molar refractivity (Wildman–Crippen MR) is 99.2 cm³/mol. The number of primary amides is 1. The number of hydrogen-bond acceptors (Lipinski definition) is 3. The second-order valence-electron chi connectivity index (χ2n) is 6.94. The second kappa shape index (κ2) is 8.06. The third-order valence-corrected chi connectivity index (χ3v) is 6.10. The maximum Gasteiger partial charge on any atom is 0.260 e. The number of thioether (sulfide) groups is 1. The number of hydrogen-bond donors (Lipinski definition) is 2. The maximum absolute atomic E-state index is 11.9. The first-order valence-electron chi connectivity index (χ1n) is 8.96. The number of nitrogens with two attached hydrogens (primary N) is 1. The number of carbonyl (C=O) groups excluding carboxylic acids is 1.